The van der Waals surface area contributed by atoms with Gasteiger partial charge in [0, 0.05) is 0 Å². The van der Waals surface area contributed by atoms with Crippen LogP contribution in [0.25, 0.3) is 0 Å². The van der Waals surface area contributed by atoms with Gasteiger partial charge in [-0.3, -0.25) is 8.42 Å². The Bertz CT molecular complexity index is 73.7. The third-order valence-corrected chi connectivity index (χ3v) is 0. The average molecular weight is 223 g/mol. The van der Waals surface area contributed by atoms with E-state index in [9.17, 15) is 0 Å². The summed E-state index contributed by atoms with van der Waals surface area (Å²) in [5.41, 5.74) is 0. The molecule has 0 N–H and O–H groups in total. The maximum atomic E-state index is 8.44. The molecule has 0 aromatic rings. The number of hydrogen-bond donors (Lipinski definition) is 0. The quantitative estimate of drug-likeness (QED) is 0.355. The molecule has 0 aromatic heterocycles. The molecule has 0 spiro atoms. The van der Waals surface area contributed by atoms with E-state index < -0.39 is 22.7 Å². The molecule has 0 fully saturated rings. The van der Waals surface area contributed by atoms with E-state index in [0.29, 0.717) is 0 Å². The van der Waals surface area contributed by atoms with Crippen LogP contribution < -0.4 is 0 Å². The van der Waals surface area contributed by atoms with Gasteiger partial charge in [-0.2, -0.15) is 0 Å². The molecular formula is AlClO6S2-2. The molecule has 0 aromatic carbocycles. The fourth-order valence-corrected chi connectivity index (χ4v) is 0. The first-order valence-corrected chi connectivity index (χ1v) is 4.96. The number of rotatable bonds is 0. The topological polar surface area (TPSA) is 126 Å². The van der Waals surface area contributed by atoms with Gasteiger partial charge in [-0.15, -0.1) is 22.7 Å². The Morgan fingerprint density at radius 1 is 0.900 bits per heavy atom. The molecular weight excluding hydrogens is 223 g/mol. The Morgan fingerprint density at radius 3 is 0.900 bits per heavy atom. The van der Waals surface area contributed by atoms with Crippen molar-refractivity contribution in [3.63, 3.8) is 0 Å². The van der Waals surface area contributed by atoms with Crippen LogP contribution in [0.4, 0.5) is 0 Å². The summed E-state index contributed by atoms with van der Waals surface area (Å²) in [5, 5.41) is 0. The van der Waals surface area contributed by atoms with E-state index in [1.165, 1.54) is 0 Å². The van der Waals surface area contributed by atoms with Gasteiger partial charge in [0.1, 0.15) is 0 Å². The van der Waals surface area contributed by atoms with E-state index >= 15 is 0 Å². The molecule has 0 atom stereocenters. The van der Waals surface area contributed by atoms with E-state index in [4.69, 9.17) is 26.6 Å². The van der Waals surface area contributed by atoms with Gasteiger partial charge in [-0.25, -0.2) is 0 Å². The van der Waals surface area contributed by atoms with Crippen LogP contribution in [0.1, 0.15) is 0 Å². The van der Waals surface area contributed by atoms with Crippen molar-refractivity contribution in [3.8, 4) is 0 Å². The first-order valence-electron chi connectivity index (χ1n) is 1.22. The standard InChI is InChI=1S/Al.ClH.2H2O3S/c;;2*1-4(2)3/h;1H;2*(H2,1,2,3)/q+3;;;/p-5. The van der Waals surface area contributed by atoms with Gasteiger partial charge < -0.3 is 18.2 Å². The summed E-state index contributed by atoms with van der Waals surface area (Å²) < 4.78 is 50.7. The molecule has 0 saturated carbocycles. The van der Waals surface area contributed by atoms with Crippen molar-refractivity contribution in [2.24, 2.45) is 0 Å². The van der Waals surface area contributed by atoms with Crippen LogP contribution in [0.2, 0.25) is 0 Å². The maximum absolute atomic E-state index is 8.44. The van der Waals surface area contributed by atoms with Crippen LogP contribution in [0.15, 0.2) is 0 Å². The average Bonchev–Trinajstić information content (AvgIpc) is 1.66. The van der Waals surface area contributed by atoms with Crippen molar-refractivity contribution in [2.75, 3.05) is 0 Å². The fourth-order valence-electron chi connectivity index (χ4n) is 0. The molecule has 6 nitrogen and oxygen atoms in total. The Kier molecular flexibility index (Phi) is 28.3. The molecule has 0 aliphatic carbocycles. The molecule has 0 rings (SSSR count). The molecule has 0 saturated heterocycles. The second kappa shape index (κ2) is 16.5. The fraction of sp³-hybridized carbons (Fsp3) is 0. The van der Waals surface area contributed by atoms with Crippen molar-refractivity contribution < 1.29 is 26.6 Å². The third-order valence-electron chi connectivity index (χ3n) is 0. The second-order valence-corrected chi connectivity index (χ2v) is 1.22. The van der Waals surface area contributed by atoms with Crippen LogP contribution in [0.3, 0.4) is 0 Å². The van der Waals surface area contributed by atoms with Crippen molar-refractivity contribution >= 4 is 48.1 Å². The Balaban J connectivity index is -0.0000000787. The Hall–Kier alpha value is 0.962. The van der Waals surface area contributed by atoms with Crippen molar-refractivity contribution in [3.05, 3.63) is 0 Å². The Labute approximate surface area is 74.8 Å². The molecule has 0 amide bonds. The zero-order valence-electron chi connectivity index (χ0n) is 4.22. The van der Waals surface area contributed by atoms with Crippen molar-refractivity contribution in [1.29, 1.82) is 0 Å². The van der Waals surface area contributed by atoms with E-state index in [1.54, 1.807) is 0 Å². The zero-order chi connectivity index (χ0) is 9.15. The molecule has 0 heterocycles. The summed E-state index contributed by atoms with van der Waals surface area (Å²) in [6, 6.07) is 0. The summed E-state index contributed by atoms with van der Waals surface area (Å²) >= 11 is -4.33. The van der Waals surface area contributed by atoms with Gasteiger partial charge in [0.2, 0.25) is 0 Å². The second-order valence-electron chi connectivity index (χ2n) is 0.408. The van der Waals surface area contributed by atoms with Crippen LogP contribution in [-0.2, 0) is 22.7 Å². The number of hydrogen-bond acceptors (Lipinski definition) is 6. The van der Waals surface area contributed by atoms with Gasteiger partial charge in [-0.1, -0.05) is 0 Å². The summed E-state index contributed by atoms with van der Waals surface area (Å²) in [6.45, 7) is 0. The van der Waals surface area contributed by atoms with Gasteiger partial charge in [-0.05, 0) is 0 Å². The summed E-state index contributed by atoms with van der Waals surface area (Å²) in [6.07, 6.45) is 0. The van der Waals surface area contributed by atoms with E-state index in [-0.39, 0.29) is 0 Å². The predicted octanol–water partition coefficient (Wildman–Crippen LogP) is -1.70. The number of halogens is 1. The predicted molar refractivity (Wildman–Crippen MR) is 31.0 cm³/mol. The van der Waals surface area contributed by atoms with Crippen molar-refractivity contribution in [1.82, 2.24) is 0 Å². The van der Waals surface area contributed by atoms with Crippen LogP contribution in [0, 0.1) is 0 Å². The molecule has 10 heavy (non-hydrogen) atoms. The first-order chi connectivity index (χ1) is 4.46. The Morgan fingerprint density at radius 2 is 0.900 bits per heavy atom. The zero-order valence-corrected chi connectivity index (χ0v) is 7.76. The van der Waals surface area contributed by atoms with E-state index in [1.807, 2.05) is 15.4 Å². The summed E-state index contributed by atoms with van der Waals surface area (Å²) in [7, 11) is 4.56. The minimum atomic E-state index is -3.11. The molecule has 60 valence electrons. The van der Waals surface area contributed by atoms with Crippen LogP contribution >= 0.6 is 10.0 Å². The molecule has 0 aliphatic rings. The van der Waals surface area contributed by atoms with Crippen LogP contribution in [0.5, 0.6) is 0 Å². The third kappa shape index (κ3) is 613. The molecule has 0 aliphatic heterocycles. The normalized spacial score (nSPS) is 7.70. The van der Waals surface area contributed by atoms with Gasteiger partial charge in [0.05, 0.1) is 0 Å². The van der Waals surface area contributed by atoms with E-state index in [2.05, 4.69) is 10.0 Å². The molecule has 10 heteroatoms. The van der Waals surface area contributed by atoms with Gasteiger partial charge in [0.25, 0.3) is 0 Å². The first kappa shape index (κ1) is 17.2. The molecule has 0 unspecified atom stereocenters. The summed E-state index contributed by atoms with van der Waals surface area (Å²) in [5.74, 6) is 0. The summed E-state index contributed by atoms with van der Waals surface area (Å²) in [4.78, 5) is 0. The van der Waals surface area contributed by atoms with Crippen LogP contribution in [-0.4, -0.2) is 42.0 Å². The van der Waals surface area contributed by atoms with E-state index in [0.717, 1.165) is 0 Å². The molecule has 0 radical (unpaired) electrons. The SMILES string of the molecule is O=S([O-])[O-].O=S([O-])[O-].[Al+2][Cl]. The van der Waals surface area contributed by atoms with Gasteiger partial charge >= 0.3 is 25.4 Å². The monoisotopic (exact) mass is 222 g/mol. The minimum absolute atomic E-state index is 1.89. The van der Waals surface area contributed by atoms with Crippen molar-refractivity contribution in [2.45, 2.75) is 0 Å². The van der Waals surface area contributed by atoms with Gasteiger partial charge in [0.15, 0.2) is 0 Å². The molecule has 0 bridgehead atoms.